The lowest BCUT2D eigenvalue weighted by atomic mass is 10.5. The highest BCUT2D eigenvalue weighted by Crippen LogP contribution is 2.12. The molecule has 0 fully saturated rings. The molecule has 0 aliphatic carbocycles. The number of nitrogens with one attached hydrogen (secondary N) is 2. The molecule has 2 N–H and O–H groups in total. The summed E-state index contributed by atoms with van der Waals surface area (Å²) in [6, 6.07) is 2.90. The van der Waals surface area contributed by atoms with E-state index in [9.17, 15) is 8.42 Å². The van der Waals surface area contributed by atoms with Gasteiger partial charge in [0, 0.05) is 25.9 Å². The molecule has 0 saturated carbocycles. The molecule has 0 amide bonds. The first-order valence-corrected chi connectivity index (χ1v) is 7.55. The number of anilines is 1. The summed E-state index contributed by atoms with van der Waals surface area (Å²) in [5.74, 6) is 1.06. The molecular weight excluding hydrogens is 280 g/mol. The van der Waals surface area contributed by atoms with E-state index in [4.69, 9.17) is 0 Å². The van der Waals surface area contributed by atoms with Gasteiger partial charge < -0.3 is 9.88 Å². The van der Waals surface area contributed by atoms with Crippen molar-refractivity contribution < 1.29 is 8.42 Å². The third-order valence-corrected chi connectivity index (χ3v) is 4.15. The Labute approximate surface area is 117 Å². The second-order valence-electron chi connectivity index (χ2n) is 3.98. The van der Waals surface area contributed by atoms with Gasteiger partial charge in [-0.25, -0.2) is 18.1 Å². The predicted octanol–water partition coefficient (Wildman–Crippen LogP) is 0.213. The summed E-state index contributed by atoms with van der Waals surface area (Å²) in [4.78, 5) is 4.13. The molecule has 9 heteroatoms. The number of rotatable bonds is 6. The molecule has 0 radical (unpaired) electrons. The topological polar surface area (TPSA) is 102 Å². The number of hydrogen-bond donors (Lipinski definition) is 2. The Hall–Kier alpha value is -2.00. The average Bonchev–Trinajstić information content (AvgIpc) is 2.93. The van der Waals surface area contributed by atoms with Crippen molar-refractivity contribution >= 4 is 15.8 Å². The minimum Gasteiger partial charge on any atom is -0.373 e. The number of nitrogens with zero attached hydrogens (tertiary/aromatic N) is 4. The van der Waals surface area contributed by atoms with Crippen LogP contribution in [0, 0.1) is 0 Å². The Bertz CT molecular complexity index is 682. The lowest BCUT2D eigenvalue weighted by Gasteiger charge is -2.08. The minimum absolute atomic E-state index is 0.0907. The molecule has 2 heterocycles. The maximum Gasteiger partial charge on any atom is 0.241 e. The van der Waals surface area contributed by atoms with Crippen LogP contribution >= 0.6 is 0 Å². The van der Waals surface area contributed by atoms with Gasteiger partial charge in [-0.1, -0.05) is 0 Å². The minimum atomic E-state index is -3.61. The molecule has 0 aromatic carbocycles. The Morgan fingerprint density at radius 1 is 1.40 bits per heavy atom. The maximum atomic E-state index is 12.2. The van der Waals surface area contributed by atoms with Crippen molar-refractivity contribution in [2.75, 3.05) is 12.4 Å². The normalized spacial score (nSPS) is 11.5. The van der Waals surface area contributed by atoms with Gasteiger partial charge in [0.2, 0.25) is 10.0 Å². The van der Waals surface area contributed by atoms with Crippen LogP contribution in [0.25, 0.3) is 0 Å². The van der Waals surface area contributed by atoms with Gasteiger partial charge in [0.05, 0.1) is 11.4 Å². The van der Waals surface area contributed by atoms with Gasteiger partial charge in [-0.05, 0) is 13.0 Å². The highest BCUT2D eigenvalue weighted by atomic mass is 32.2. The second-order valence-corrected chi connectivity index (χ2v) is 5.75. The number of pyridine rings is 1. The van der Waals surface area contributed by atoms with Crippen molar-refractivity contribution in [3.05, 3.63) is 30.5 Å². The van der Waals surface area contributed by atoms with Gasteiger partial charge in [-0.3, -0.25) is 0 Å². The largest absolute Gasteiger partial charge is 0.373 e. The van der Waals surface area contributed by atoms with Gasteiger partial charge in [-0.15, -0.1) is 10.2 Å². The zero-order chi connectivity index (χ0) is 14.6. The first-order valence-electron chi connectivity index (χ1n) is 6.07. The summed E-state index contributed by atoms with van der Waals surface area (Å²) < 4.78 is 28.6. The van der Waals surface area contributed by atoms with Crippen LogP contribution in [0.3, 0.4) is 0 Å². The van der Waals surface area contributed by atoms with Gasteiger partial charge in [0.25, 0.3) is 0 Å². The summed E-state index contributed by atoms with van der Waals surface area (Å²) >= 11 is 0. The summed E-state index contributed by atoms with van der Waals surface area (Å²) in [6.45, 7) is 2.71. The van der Waals surface area contributed by atoms with Crippen LogP contribution in [0.1, 0.15) is 12.7 Å². The Morgan fingerprint density at radius 3 is 2.90 bits per heavy atom. The number of aryl methyl sites for hydroxylation is 1. The lowest BCUT2D eigenvalue weighted by molar-refractivity contribution is 0.575. The highest BCUT2D eigenvalue weighted by Gasteiger charge is 2.16. The second kappa shape index (κ2) is 5.97. The molecule has 8 nitrogen and oxygen atoms in total. The summed E-state index contributed by atoms with van der Waals surface area (Å²) in [6.07, 6.45) is 3.00. The van der Waals surface area contributed by atoms with Crippen LogP contribution in [0.2, 0.25) is 0 Å². The van der Waals surface area contributed by atoms with Crippen LogP contribution < -0.4 is 10.0 Å². The van der Waals surface area contributed by atoms with Gasteiger partial charge >= 0.3 is 0 Å². The molecule has 2 aromatic heterocycles. The zero-order valence-corrected chi connectivity index (χ0v) is 12.1. The number of aromatic nitrogens is 4. The zero-order valence-electron chi connectivity index (χ0n) is 11.2. The summed E-state index contributed by atoms with van der Waals surface area (Å²) in [7, 11) is -1.93. The molecule has 0 spiro atoms. The quantitative estimate of drug-likeness (QED) is 0.790. The maximum absolute atomic E-state index is 12.2. The summed E-state index contributed by atoms with van der Waals surface area (Å²) in [5, 5.41) is 10.4. The number of sulfonamides is 1. The smallest absolute Gasteiger partial charge is 0.241 e. The van der Waals surface area contributed by atoms with Crippen LogP contribution in [-0.4, -0.2) is 35.2 Å². The van der Waals surface area contributed by atoms with E-state index < -0.39 is 10.0 Å². The molecule has 0 aliphatic rings. The van der Waals surface area contributed by atoms with E-state index in [0.717, 1.165) is 0 Å². The molecule has 0 aliphatic heterocycles. The Morgan fingerprint density at radius 2 is 2.20 bits per heavy atom. The van der Waals surface area contributed by atoms with Crippen LogP contribution in [0.5, 0.6) is 0 Å². The fourth-order valence-electron chi connectivity index (χ4n) is 1.64. The third-order valence-electron chi connectivity index (χ3n) is 2.75. The third kappa shape index (κ3) is 3.11. The van der Waals surface area contributed by atoms with Crippen molar-refractivity contribution in [3.8, 4) is 0 Å². The van der Waals surface area contributed by atoms with Gasteiger partial charge in [0.15, 0.2) is 0 Å². The van der Waals surface area contributed by atoms with E-state index in [1.165, 1.54) is 18.3 Å². The first kappa shape index (κ1) is 14.4. The fourth-order valence-corrected chi connectivity index (χ4v) is 2.63. The van der Waals surface area contributed by atoms with Crippen molar-refractivity contribution in [2.45, 2.75) is 24.9 Å². The molecule has 0 bridgehead atoms. The molecule has 2 rings (SSSR count). The summed E-state index contributed by atoms with van der Waals surface area (Å²) in [5.41, 5.74) is 0. The highest BCUT2D eigenvalue weighted by molar-refractivity contribution is 7.89. The van der Waals surface area contributed by atoms with E-state index in [-0.39, 0.29) is 11.4 Å². The van der Waals surface area contributed by atoms with E-state index in [1.807, 2.05) is 6.92 Å². The fraction of sp³-hybridized carbons (Fsp3) is 0.364. The number of hydrogen-bond acceptors (Lipinski definition) is 6. The van der Waals surface area contributed by atoms with Crippen LogP contribution in [-0.2, 0) is 23.1 Å². The first-order chi connectivity index (χ1) is 9.56. The molecule has 108 valence electrons. The van der Waals surface area contributed by atoms with E-state index in [2.05, 4.69) is 25.2 Å². The van der Waals surface area contributed by atoms with Crippen LogP contribution in [0.4, 0.5) is 5.82 Å². The van der Waals surface area contributed by atoms with Crippen molar-refractivity contribution in [2.24, 2.45) is 0 Å². The van der Waals surface area contributed by atoms with Crippen molar-refractivity contribution in [1.29, 1.82) is 0 Å². The van der Waals surface area contributed by atoms with Crippen molar-refractivity contribution in [1.82, 2.24) is 24.5 Å². The predicted molar refractivity (Wildman–Crippen MR) is 73.5 cm³/mol. The van der Waals surface area contributed by atoms with Crippen LogP contribution in [0.15, 0.2) is 29.6 Å². The molecule has 0 atom stereocenters. The molecule has 2 aromatic rings. The Balaban J connectivity index is 2.15. The van der Waals surface area contributed by atoms with Gasteiger partial charge in [0.1, 0.15) is 18.0 Å². The van der Waals surface area contributed by atoms with E-state index in [1.54, 1.807) is 17.9 Å². The SMILES string of the molecule is CCn1cnnc1CNS(=O)(=O)c1ccnc(NC)c1. The van der Waals surface area contributed by atoms with Gasteiger partial charge in [-0.2, -0.15) is 0 Å². The monoisotopic (exact) mass is 296 g/mol. The molecule has 20 heavy (non-hydrogen) atoms. The average molecular weight is 296 g/mol. The molecule has 0 saturated heterocycles. The Kier molecular flexibility index (Phi) is 4.30. The van der Waals surface area contributed by atoms with Crippen molar-refractivity contribution in [3.63, 3.8) is 0 Å². The van der Waals surface area contributed by atoms with E-state index in [0.29, 0.717) is 18.2 Å². The lowest BCUT2D eigenvalue weighted by Crippen LogP contribution is -2.25. The van der Waals surface area contributed by atoms with E-state index >= 15 is 0 Å². The standard InChI is InChI=1S/C11H16N6O2S/c1-3-17-8-14-16-11(17)7-15-20(18,19)9-4-5-13-10(6-9)12-2/h4-6,8,15H,3,7H2,1-2H3,(H,12,13). The molecule has 0 unspecified atom stereocenters. The molecular formula is C11H16N6O2S.